The second kappa shape index (κ2) is 14.3. The third-order valence-corrected chi connectivity index (χ3v) is 0.406. The van der Waals surface area contributed by atoms with Crippen LogP contribution in [0.1, 0.15) is 0 Å². The molecule has 6 nitrogen and oxygen atoms in total. The first-order chi connectivity index (χ1) is 4.50. The van der Waals surface area contributed by atoms with E-state index in [1.165, 1.54) is 0 Å². The van der Waals surface area contributed by atoms with Gasteiger partial charge in [0.25, 0.3) is 0 Å². The number of imidazole rings is 1. The van der Waals surface area contributed by atoms with Crippen LogP contribution in [0.5, 0.6) is 0 Å². The van der Waals surface area contributed by atoms with E-state index in [2.05, 4.69) is 9.97 Å². The van der Waals surface area contributed by atoms with Gasteiger partial charge >= 0.3 is 88.7 Å². The third-order valence-electron chi connectivity index (χ3n) is 0.406. The second-order valence-electron chi connectivity index (χ2n) is 1.21. The summed E-state index contributed by atoms with van der Waals surface area (Å²) in [4.78, 5) is 32.1. The Labute approximate surface area is 142 Å². The van der Waals surface area contributed by atoms with E-state index in [4.69, 9.17) is 19.2 Å². The molecule has 0 aliphatic heterocycles. The Morgan fingerprint density at radius 1 is 1.15 bits per heavy atom. The van der Waals surface area contributed by atoms with E-state index in [-0.39, 0.29) is 88.7 Å². The van der Waals surface area contributed by atoms with E-state index in [0.29, 0.717) is 0 Å². The summed E-state index contributed by atoms with van der Waals surface area (Å²) < 4.78 is 8.55. The van der Waals surface area contributed by atoms with Gasteiger partial charge in [0.2, 0.25) is 0 Å². The Bertz CT molecular complexity index is 177. The van der Waals surface area contributed by atoms with E-state index >= 15 is 0 Å². The van der Waals surface area contributed by atoms with Gasteiger partial charge in [0.15, 0.2) is 0 Å². The number of hydrogen-bond acceptors (Lipinski definition) is 5. The van der Waals surface area contributed by atoms with E-state index in [0.717, 1.165) is 0 Å². The molecule has 10 heteroatoms. The predicted molar refractivity (Wildman–Crippen MR) is 26.2 cm³/mol. The van der Waals surface area contributed by atoms with Crippen LogP contribution >= 0.6 is 7.82 Å². The number of rotatable bonds is 0. The van der Waals surface area contributed by atoms with Crippen LogP contribution in [0.3, 0.4) is 0 Å². The Morgan fingerprint density at radius 3 is 1.62 bits per heavy atom. The monoisotopic (exact) mass is 232 g/mol. The maximum Gasteiger partial charge on any atom is 1.00 e. The number of phosphoric acid groups is 1. The minimum Gasteiger partial charge on any atom is -0.822 e. The Balaban J connectivity index is -0.0000000506. The molecule has 0 unspecified atom stereocenters. The van der Waals surface area contributed by atoms with Crippen molar-refractivity contribution in [1.29, 1.82) is 0 Å². The topological polar surface area (TPSA) is 115 Å². The standard InChI is InChI=1S/C3H4N2.3Na.H3O4P/c1-2-5-3-4-1;;;;1-5(2,3)4/h1-3H,(H,4,5);;;;(H3,1,2,3,4)/q;3*+1;/p-3. The Morgan fingerprint density at radius 2 is 1.54 bits per heavy atom. The third kappa shape index (κ3) is 40.6. The van der Waals surface area contributed by atoms with Crippen molar-refractivity contribution in [3.8, 4) is 0 Å². The van der Waals surface area contributed by atoms with E-state index < -0.39 is 7.82 Å². The summed E-state index contributed by atoms with van der Waals surface area (Å²) >= 11 is 0. The smallest absolute Gasteiger partial charge is 0.822 e. The number of H-pyrrole nitrogens is 1. The zero-order valence-corrected chi connectivity index (χ0v) is 14.7. The molecule has 0 spiro atoms. The van der Waals surface area contributed by atoms with Crippen molar-refractivity contribution in [2.24, 2.45) is 0 Å². The van der Waals surface area contributed by atoms with Crippen molar-refractivity contribution in [1.82, 2.24) is 9.97 Å². The molecule has 13 heavy (non-hydrogen) atoms. The van der Waals surface area contributed by atoms with Crippen LogP contribution in [0.15, 0.2) is 18.7 Å². The van der Waals surface area contributed by atoms with Crippen LogP contribution in [0.25, 0.3) is 0 Å². The molecule has 0 amide bonds. The predicted octanol–water partition coefficient (Wildman–Crippen LogP) is -11.4. The largest absolute Gasteiger partial charge is 1.00 e. The molecule has 1 rings (SSSR count). The average Bonchev–Trinajstić information content (AvgIpc) is 2.07. The molecule has 1 aromatic heterocycles. The molecule has 0 bridgehead atoms. The fraction of sp³-hybridized carbons (Fsp3) is 0. The van der Waals surface area contributed by atoms with Gasteiger partial charge in [-0.05, 0) is 0 Å². The molecular formula is C3H4N2Na3O4P. The van der Waals surface area contributed by atoms with Crippen molar-refractivity contribution in [3.63, 3.8) is 0 Å². The number of nitrogens with one attached hydrogen (secondary N) is 1. The summed E-state index contributed by atoms with van der Waals surface area (Å²) in [6.45, 7) is 0. The summed E-state index contributed by atoms with van der Waals surface area (Å²) in [6.07, 6.45) is 5.08. The Kier molecular flexibility index (Phi) is 27.0. The van der Waals surface area contributed by atoms with E-state index in [9.17, 15) is 0 Å². The van der Waals surface area contributed by atoms with Crippen molar-refractivity contribution in [2.75, 3.05) is 0 Å². The van der Waals surface area contributed by atoms with E-state index in [1.807, 2.05) is 0 Å². The maximum absolute atomic E-state index is 8.55. The first-order valence-corrected chi connectivity index (χ1v) is 3.62. The van der Waals surface area contributed by atoms with Crippen LogP contribution in [-0.2, 0) is 4.57 Å². The van der Waals surface area contributed by atoms with Gasteiger partial charge < -0.3 is 24.2 Å². The minimum absolute atomic E-state index is 0. The second-order valence-corrected chi connectivity index (χ2v) is 2.10. The summed E-state index contributed by atoms with van der Waals surface area (Å²) in [7, 11) is -5.39. The quantitative estimate of drug-likeness (QED) is 0.352. The van der Waals surface area contributed by atoms with Crippen molar-refractivity contribution < 1.29 is 108 Å². The number of hydrogen-bond donors (Lipinski definition) is 1. The summed E-state index contributed by atoms with van der Waals surface area (Å²) in [5, 5.41) is 0. The maximum atomic E-state index is 8.55. The number of nitrogens with zero attached hydrogens (tertiary/aromatic N) is 1. The molecule has 0 radical (unpaired) electrons. The SMILES string of the molecule is O=P([O-])([O-])[O-].[Na+].[Na+].[Na+].c1c[nH]cn1. The first kappa shape index (κ1) is 24.5. The van der Waals surface area contributed by atoms with Gasteiger partial charge in [0.1, 0.15) is 0 Å². The summed E-state index contributed by atoms with van der Waals surface area (Å²) in [6, 6.07) is 0. The van der Waals surface area contributed by atoms with Gasteiger partial charge in [-0.3, -0.25) is 0 Å². The fourth-order valence-electron chi connectivity index (χ4n) is 0.215. The van der Waals surface area contributed by atoms with Crippen LogP contribution in [-0.4, -0.2) is 9.97 Å². The molecular weight excluding hydrogens is 228 g/mol. The summed E-state index contributed by atoms with van der Waals surface area (Å²) in [5.74, 6) is 0. The number of aromatic amines is 1. The van der Waals surface area contributed by atoms with Gasteiger partial charge in [0, 0.05) is 12.4 Å². The van der Waals surface area contributed by atoms with Gasteiger partial charge in [-0.15, -0.1) is 0 Å². The van der Waals surface area contributed by atoms with Crippen molar-refractivity contribution in [3.05, 3.63) is 18.7 Å². The minimum atomic E-state index is -5.39. The van der Waals surface area contributed by atoms with Crippen molar-refractivity contribution >= 4 is 7.82 Å². The van der Waals surface area contributed by atoms with Crippen LogP contribution in [0, 0.1) is 0 Å². The fourth-order valence-corrected chi connectivity index (χ4v) is 0.215. The molecule has 0 saturated heterocycles. The van der Waals surface area contributed by atoms with Gasteiger partial charge in [-0.2, -0.15) is 7.82 Å². The normalized spacial score (nSPS) is 7.62. The van der Waals surface area contributed by atoms with Gasteiger partial charge in [-0.1, -0.05) is 0 Å². The molecule has 0 aliphatic carbocycles. The zero-order valence-electron chi connectivity index (χ0n) is 7.76. The molecule has 0 saturated carbocycles. The molecule has 0 aromatic carbocycles. The Hall–Kier alpha value is 2.32. The number of aromatic nitrogens is 2. The molecule has 0 atom stereocenters. The first-order valence-electron chi connectivity index (χ1n) is 2.16. The molecule has 58 valence electrons. The van der Waals surface area contributed by atoms with E-state index in [1.54, 1.807) is 18.7 Å². The molecule has 0 fully saturated rings. The molecule has 1 heterocycles. The average molecular weight is 232 g/mol. The summed E-state index contributed by atoms with van der Waals surface area (Å²) in [5.41, 5.74) is 0. The van der Waals surface area contributed by atoms with Crippen LogP contribution < -0.4 is 103 Å². The zero-order chi connectivity index (χ0) is 8.04. The van der Waals surface area contributed by atoms with Crippen LogP contribution in [0.2, 0.25) is 0 Å². The van der Waals surface area contributed by atoms with Gasteiger partial charge in [-0.25, -0.2) is 4.98 Å². The molecule has 0 aliphatic rings. The molecule has 1 N–H and O–H groups in total. The van der Waals surface area contributed by atoms with Crippen LogP contribution in [0.4, 0.5) is 0 Å². The molecule has 1 aromatic rings. The van der Waals surface area contributed by atoms with Crippen molar-refractivity contribution in [2.45, 2.75) is 0 Å². The van der Waals surface area contributed by atoms with Gasteiger partial charge in [0.05, 0.1) is 6.33 Å².